The fraction of sp³-hybridized carbons (Fsp3) is 0.385. The average molecular weight is 301 g/mol. The maximum absolute atomic E-state index is 12.5. The van der Waals surface area contributed by atoms with Crippen molar-refractivity contribution < 1.29 is 22.3 Å². The fourth-order valence-corrected chi connectivity index (χ4v) is 1.72. The van der Waals surface area contributed by atoms with Crippen molar-refractivity contribution in [2.45, 2.75) is 19.3 Å². The zero-order valence-electron chi connectivity index (χ0n) is 11.5. The normalized spacial score (nSPS) is 11.7. The van der Waals surface area contributed by atoms with Gasteiger partial charge in [0.1, 0.15) is 6.61 Å². The molecule has 114 valence electrons. The predicted molar refractivity (Wildman–Crippen MR) is 68.6 cm³/mol. The van der Waals surface area contributed by atoms with Crippen molar-refractivity contribution in [1.82, 2.24) is 10.2 Å². The minimum atomic E-state index is -4.33. The Morgan fingerprint density at radius 1 is 1.19 bits per heavy atom. The van der Waals surface area contributed by atoms with Crippen molar-refractivity contribution in [2.75, 3.05) is 19.1 Å². The molecule has 21 heavy (non-hydrogen) atoms. The molecule has 0 unspecified atom stereocenters. The molecule has 0 saturated carbocycles. The summed E-state index contributed by atoms with van der Waals surface area (Å²) in [4.78, 5) is 1.65. The summed E-state index contributed by atoms with van der Waals surface area (Å²) in [5.41, 5.74) is 0.0334. The maximum atomic E-state index is 12.5. The summed E-state index contributed by atoms with van der Waals surface area (Å²) < 4.78 is 47.6. The highest BCUT2D eigenvalue weighted by molar-refractivity contribution is 5.30. The highest BCUT2D eigenvalue weighted by Crippen LogP contribution is 2.29. The van der Waals surface area contributed by atoms with E-state index in [4.69, 9.17) is 9.15 Å². The zero-order chi connectivity index (χ0) is 15.5. The third-order valence-corrected chi connectivity index (χ3v) is 2.75. The Kier molecular flexibility index (Phi) is 4.46. The van der Waals surface area contributed by atoms with Crippen LogP contribution < -0.4 is 4.90 Å². The van der Waals surface area contributed by atoms with E-state index in [1.807, 2.05) is 0 Å². The van der Waals surface area contributed by atoms with Gasteiger partial charge in [-0.3, -0.25) is 0 Å². The molecule has 0 atom stereocenters. The Balaban J connectivity index is 2.03. The van der Waals surface area contributed by atoms with Gasteiger partial charge in [-0.1, -0.05) is 17.2 Å². The number of halogens is 3. The first-order chi connectivity index (χ1) is 9.90. The molecule has 0 spiro atoms. The van der Waals surface area contributed by atoms with E-state index in [0.29, 0.717) is 18.0 Å². The van der Waals surface area contributed by atoms with E-state index in [1.165, 1.54) is 19.2 Å². The Morgan fingerprint density at radius 3 is 2.43 bits per heavy atom. The number of hydrogen-bond acceptors (Lipinski definition) is 5. The van der Waals surface area contributed by atoms with Crippen LogP contribution >= 0.6 is 0 Å². The second-order valence-corrected chi connectivity index (χ2v) is 4.46. The standard InChI is InChI=1S/C13H14F3N3O2/c1-19(12-18-17-11(21-12)8-20-2)7-9-3-5-10(6-4-9)13(14,15)16/h3-6H,7-8H2,1-2H3. The lowest BCUT2D eigenvalue weighted by molar-refractivity contribution is -0.137. The smallest absolute Gasteiger partial charge is 0.405 e. The molecule has 0 saturated heterocycles. The summed E-state index contributed by atoms with van der Waals surface area (Å²) in [6.45, 7) is 0.563. The number of hydrogen-bond donors (Lipinski definition) is 0. The summed E-state index contributed by atoms with van der Waals surface area (Å²) in [5, 5.41) is 7.62. The van der Waals surface area contributed by atoms with Gasteiger partial charge < -0.3 is 14.1 Å². The molecule has 2 rings (SSSR count). The summed E-state index contributed by atoms with van der Waals surface area (Å²) in [5.74, 6) is 0.340. The van der Waals surface area contributed by atoms with Crippen molar-refractivity contribution in [2.24, 2.45) is 0 Å². The van der Waals surface area contributed by atoms with Crippen LogP contribution in [0.4, 0.5) is 19.2 Å². The van der Waals surface area contributed by atoms with Crippen LogP contribution in [0.15, 0.2) is 28.7 Å². The van der Waals surface area contributed by atoms with Crippen LogP contribution in [0.2, 0.25) is 0 Å². The van der Waals surface area contributed by atoms with Gasteiger partial charge >= 0.3 is 12.2 Å². The van der Waals surface area contributed by atoms with Crippen molar-refractivity contribution >= 4 is 6.01 Å². The minimum absolute atomic E-state index is 0.209. The summed E-state index contributed by atoms with van der Waals surface area (Å²) in [7, 11) is 3.22. The second-order valence-electron chi connectivity index (χ2n) is 4.46. The lowest BCUT2D eigenvalue weighted by Crippen LogP contribution is -2.17. The Labute approximate surface area is 119 Å². The highest BCUT2D eigenvalue weighted by Gasteiger charge is 2.29. The number of ether oxygens (including phenoxy) is 1. The van der Waals surface area contributed by atoms with Gasteiger partial charge in [-0.15, -0.1) is 5.10 Å². The predicted octanol–water partition coefficient (Wildman–Crippen LogP) is 2.87. The quantitative estimate of drug-likeness (QED) is 0.850. The number of aromatic nitrogens is 2. The molecule has 0 bridgehead atoms. The monoisotopic (exact) mass is 301 g/mol. The van der Waals surface area contributed by atoms with Gasteiger partial charge in [0.15, 0.2) is 0 Å². The van der Waals surface area contributed by atoms with E-state index in [9.17, 15) is 13.2 Å². The van der Waals surface area contributed by atoms with Crippen LogP contribution in [0.1, 0.15) is 17.0 Å². The van der Waals surface area contributed by atoms with E-state index >= 15 is 0 Å². The number of methoxy groups -OCH3 is 1. The molecular weight excluding hydrogens is 287 g/mol. The van der Waals surface area contributed by atoms with Gasteiger partial charge in [0.25, 0.3) is 0 Å². The van der Waals surface area contributed by atoms with E-state index in [2.05, 4.69) is 10.2 Å². The van der Waals surface area contributed by atoms with Crippen LogP contribution in [0, 0.1) is 0 Å². The average Bonchev–Trinajstić information content (AvgIpc) is 2.87. The fourth-order valence-electron chi connectivity index (χ4n) is 1.72. The lowest BCUT2D eigenvalue weighted by Gasteiger charge is -2.14. The molecule has 8 heteroatoms. The molecule has 0 aliphatic carbocycles. The number of benzene rings is 1. The van der Waals surface area contributed by atoms with Crippen molar-refractivity contribution in [3.05, 3.63) is 41.3 Å². The molecule has 1 heterocycles. The number of alkyl halides is 3. The molecule has 0 aliphatic heterocycles. The third-order valence-electron chi connectivity index (χ3n) is 2.75. The zero-order valence-corrected chi connectivity index (χ0v) is 11.5. The third kappa shape index (κ3) is 3.94. The van der Waals surface area contributed by atoms with Crippen molar-refractivity contribution in [3.8, 4) is 0 Å². The molecule has 0 radical (unpaired) electrons. The van der Waals surface area contributed by atoms with E-state index < -0.39 is 11.7 Å². The van der Waals surface area contributed by atoms with E-state index in [0.717, 1.165) is 12.1 Å². The lowest BCUT2D eigenvalue weighted by atomic mass is 10.1. The Morgan fingerprint density at radius 2 is 1.86 bits per heavy atom. The number of anilines is 1. The van der Waals surface area contributed by atoms with E-state index in [-0.39, 0.29) is 12.6 Å². The van der Waals surface area contributed by atoms with Crippen LogP contribution in [-0.2, 0) is 24.1 Å². The first kappa shape index (κ1) is 15.3. The Hall–Kier alpha value is -2.09. The highest BCUT2D eigenvalue weighted by atomic mass is 19.4. The first-order valence-electron chi connectivity index (χ1n) is 6.08. The minimum Gasteiger partial charge on any atom is -0.405 e. The van der Waals surface area contributed by atoms with Crippen LogP contribution in [0.5, 0.6) is 0 Å². The van der Waals surface area contributed by atoms with Crippen LogP contribution in [0.3, 0.4) is 0 Å². The summed E-state index contributed by atoms with van der Waals surface area (Å²) in [6, 6.07) is 5.22. The molecule has 0 amide bonds. The van der Waals surface area contributed by atoms with Crippen molar-refractivity contribution in [3.63, 3.8) is 0 Å². The summed E-state index contributed by atoms with van der Waals surface area (Å²) >= 11 is 0. The first-order valence-corrected chi connectivity index (χ1v) is 6.08. The largest absolute Gasteiger partial charge is 0.416 e. The summed E-state index contributed by atoms with van der Waals surface area (Å²) in [6.07, 6.45) is -4.33. The molecule has 5 nitrogen and oxygen atoms in total. The molecule has 0 fully saturated rings. The Bertz CT molecular complexity index is 581. The molecule has 0 aliphatic rings. The van der Waals surface area contributed by atoms with E-state index in [1.54, 1.807) is 11.9 Å². The SMILES string of the molecule is COCc1nnc(N(C)Cc2ccc(C(F)(F)F)cc2)o1. The topological polar surface area (TPSA) is 51.4 Å². The van der Waals surface area contributed by atoms with Gasteiger partial charge in [-0.25, -0.2) is 0 Å². The second kappa shape index (κ2) is 6.13. The molecule has 0 N–H and O–H groups in total. The van der Waals surface area contributed by atoms with Gasteiger partial charge in [-0.2, -0.15) is 13.2 Å². The van der Waals surface area contributed by atoms with Crippen LogP contribution in [-0.4, -0.2) is 24.4 Å². The molecule has 1 aromatic carbocycles. The van der Waals surface area contributed by atoms with Gasteiger partial charge in [0.2, 0.25) is 5.89 Å². The van der Waals surface area contributed by atoms with Crippen molar-refractivity contribution in [1.29, 1.82) is 0 Å². The molecule has 1 aromatic heterocycles. The van der Waals surface area contributed by atoms with Gasteiger partial charge in [0.05, 0.1) is 5.56 Å². The molecule has 2 aromatic rings. The maximum Gasteiger partial charge on any atom is 0.416 e. The van der Waals surface area contributed by atoms with Gasteiger partial charge in [-0.05, 0) is 17.7 Å². The number of nitrogens with zero attached hydrogens (tertiary/aromatic N) is 3. The number of rotatable bonds is 5. The van der Waals surface area contributed by atoms with Crippen LogP contribution in [0.25, 0.3) is 0 Å². The molecular formula is C13H14F3N3O2. The van der Waals surface area contributed by atoms with Gasteiger partial charge in [0, 0.05) is 20.7 Å².